The molecule has 1 saturated carbocycles. The molecule has 2 atom stereocenters. The molecule has 0 aromatic carbocycles. The predicted molar refractivity (Wildman–Crippen MR) is 132 cm³/mol. The first kappa shape index (κ1) is 29.7. The van der Waals surface area contributed by atoms with Crippen LogP contribution in [0.15, 0.2) is 42.0 Å². The molecule has 1 fully saturated rings. The average molecular weight is 508 g/mol. The zero-order valence-corrected chi connectivity index (χ0v) is 21.7. The number of hydrogen-bond acceptors (Lipinski definition) is 5. The molecule has 4 rings (SSSR count). The number of halogens is 2. The van der Waals surface area contributed by atoms with E-state index in [4.69, 9.17) is 0 Å². The first-order valence-corrected chi connectivity index (χ1v) is 11.8. The number of hydrogen-bond donors (Lipinski definition) is 2. The molecule has 3 aromatic rings. The van der Waals surface area contributed by atoms with Gasteiger partial charge in [-0.05, 0) is 39.0 Å². The molecule has 188 valence electrons. The van der Waals surface area contributed by atoms with Crippen LogP contribution in [0.2, 0.25) is 0 Å². The summed E-state index contributed by atoms with van der Waals surface area (Å²) in [5, 5.41) is 7.55. The van der Waals surface area contributed by atoms with Gasteiger partial charge in [0.1, 0.15) is 0 Å². The van der Waals surface area contributed by atoms with Crippen molar-refractivity contribution in [3.05, 3.63) is 67.6 Å². The van der Waals surface area contributed by atoms with Crippen molar-refractivity contribution in [2.24, 2.45) is 11.8 Å². The summed E-state index contributed by atoms with van der Waals surface area (Å²) in [7, 11) is 0. The van der Waals surface area contributed by atoms with E-state index in [1.807, 2.05) is 43.7 Å². The Morgan fingerprint density at radius 2 is 2.00 bits per heavy atom. The standard InChI is InChI=1S/C19H20N5O2S.C6H8F2.Li/c1-19(2,3)24-9-7-13(11-24)17(26)21-10-16(25)23-18-22-15(12-27-18)14-6-4-5-8-20-14;1-4-3-6(7,8)5(4)2;/h4-7,9,11-12H,10H2,1-3H3,(H,21,26)(H,22,23,25);4-5H,1-3H2;/q-1;-2;+1/t;4-,5-;/m.0./s1. The normalized spacial score (nSPS) is 18.1. The van der Waals surface area contributed by atoms with E-state index in [1.165, 1.54) is 11.3 Å². The number of nitrogens with zero attached hydrogens (tertiary/aromatic N) is 3. The van der Waals surface area contributed by atoms with Crippen molar-refractivity contribution < 1.29 is 37.2 Å². The third-order valence-electron chi connectivity index (χ3n) is 5.41. The number of carbonyl (C=O) groups excluding carboxylic acids is 2. The molecule has 0 aliphatic heterocycles. The first-order chi connectivity index (χ1) is 16.4. The van der Waals surface area contributed by atoms with Crippen LogP contribution < -0.4 is 29.5 Å². The third kappa shape index (κ3) is 7.73. The van der Waals surface area contributed by atoms with E-state index in [9.17, 15) is 18.4 Å². The number of alkyl halides is 2. The zero-order valence-electron chi connectivity index (χ0n) is 20.8. The number of carbonyl (C=O) groups is 2. The van der Waals surface area contributed by atoms with E-state index < -0.39 is 11.8 Å². The third-order valence-corrected chi connectivity index (χ3v) is 6.17. The fourth-order valence-electron chi connectivity index (χ4n) is 3.12. The Hall–Kier alpha value is -2.54. The van der Waals surface area contributed by atoms with E-state index in [0.717, 1.165) is 0 Å². The first-order valence-electron chi connectivity index (χ1n) is 11.0. The Balaban J connectivity index is 0.000000433. The van der Waals surface area contributed by atoms with Gasteiger partial charge in [-0.3, -0.25) is 9.59 Å². The molecule has 2 amide bonds. The van der Waals surface area contributed by atoms with Crippen LogP contribution in [0.4, 0.5) is 13.9 Å². The van der Waals surface area contributed by atoms with Crippen molar-refractivity contribution in [1.82, 2.24) is 19.9 Å². The molecule has 7 nitrogen and oxygen atoms in total. The Bertz CT molecular complexity index is 1160. The van der Waals surface area contributed by atoms with Crippen LogP contribution >= 0.6 is 11.3 Å². The minimum atomic E-state index is -2.52. The van der Waals surface area contributed by atoms with Crippen molar-refractivity contribution in [2.45, 2.75) is 38.7 Å². The molecule has 0 spiro atoms. The summed E-state index contributed by atoms with van der Waals surface area (Å²) < 4.78 is 26.1. The molecule has 3 aromatic heterocycles. The van der Waals surface area contributed by atoms with Gasteiger partial charge in [0, 0.05) is 29.0 Å². The fourth-order valence-corrected chi connectivity index (χ4v) is 3.84. The maximum absolute atomic E-state index is 12.2. The Kier molecular flexibility index (Phi) is 10.0. The molecule has 11 heteroatoms. The molecule has 0 bridgehead atoms. The van der Waals surface area contributed by atoms with E-state index in [1.54, 1.807) is 23.7 Å². The van der Waals surface area contributed by atoms with Gasteiger partial charge >= 0.3 is 18.9 Å². The molecule has 2 N–H and O–H groups in total. The average Bonchev–Trinajstić information content (AvgIpc) is 3.48. The SMILES string of the molecule is CC(C)(C)n1ccc(C(=O)NCC(=O)Nc2nc(-c3ccc[c-]n3)cs2)c1.[CH2-][C@H]1CC(F)(F)[C@H]1[CH2-].[Li+]. The molecule has 3 heterocycles. The minimum absolute atomic E-state index is 0. The van der Waals surface area contributed by atoms with Gasteiger partial charge in [-0.2, -0.15) is 18.1 Å². The minimum Gasteiger partial charge on any atom is -0.385 e. The monoisotopic (exact) mass is 507 g/mol. The Morgan fingerprint density at radius 1 is 1.28 bits per heavy atom. The van der Waals surface area contributed by atoms with Gasteiger partial charge in [0.05, 0.1) is 12.1 Å². The number of rotatable bonds is 5. The fraction of sp³-hybridized carbons (Fsp3) is 0.360. The molecule has 0 saturated heterocycles. The van der Waals surface area contributed by atoms with Gasteiger partial charge in [-0.25, -0.2) is 13.8 Å². The maximum atomic E-state index is 12.2. The van der Waals surface area contributed by atoms with E-state index in [-0.39, 0.29) is 55.1 Å². The van der Waals surface area contributed by atoms with Gasteiger partial charge in [0.25, 0.3) is 5.91 Å². The van der Waals surface area contributed by atoms with E-state index >= 15 is 0 Å². The topological polar surface area (TPSA) is 88.9 Å². The molecule has 0 unspecified atom stereocenters. The number of thiazole rings is 1. The van der Waals surface area contributed by atoms with Gasteiger partial charge < -0.3 is 34.0 Å². The predicted octanol–water partition coefficient (Wildman–Crippen LogP) is 1.86. The molecule has 0 radical (unpaired) electrons. The second-order valence-electron chi connectivity index (χ2n) is 9.23. The van der Waals surface area contributed by atoms with Crippen LogP contribution in [0.25, 0.3) is 11.4 Å². The largest absolute Gasteiger partial charge is 1.00 e. The van der Waals surface area contributed by atoms with Crippen LogP contribution in [-0.2, 0) is 10.3 Å². The van der Waals surface area contributed by atoms with E-state index in [0.29, 0.717) is 22.1 Å². The zero-order chi connectivity index (χ0) is 25.8. The number of anilines is 1. The molecular formula is C25H28F2LiN5O2S-2. The van der Waals surface area contributed by atoms with Crippen LogP contribution in [0, 0.1) is 31.9 Å². The number of nitrogens with one attached hydrogen (secondary N) is 2. The number of aromatic nitrogens is 3. The van der Waals surface area contributed by atoms with Crippen molar-refractivity contribution in [1.29, 1.82) is 0 Å². The Morgan fingerprint density at radius 3 is 2.50 bits per heavy atom. The summed E-state index contributed by atoms with van der Waals surface area (Å²) in [6.45, 7) is 12.8. The van der Waals surface area contributed by atoms with Crippen molar-refractivity contribution >= 4 is 28.3 Å². The van der Waals surface area contributed by atoms with Crippen molar-refractivity contribution in [3.8, 4) is 11.4 Å². The summed E-state index contributed by atoms with van der Waals surface area (Å²) in [6.07, 6.45) is 6.28. The van der Waals surface area contributed by atoms with Gasteiger partial charge in [0.15, 0.2) is 5.13 Å². The smallest absolute Gasteiger partial charge is 0.385 e. The van der Waals surface area contributed by atoms with E-state index in [2.05, 4.69) is 40.6 Å². The quantitative estimate of drug-likeness (QED) is 0.408. The molecule has 1 aliphatic rings. The summed E-state index contributed by atoms with van der Waals surface area (Å²) in [4.78, 5) is 32.7. The number of amides is 2. The van der Waals surface area contributed by atoms with Crippen LogP contribution in [-0.4, -0.2) is 38.8 Å². The van der Waals surface area contributed by atoms with Crippen LogP contribution in [0.1, 0.15) is 37.6 Å². The van der Waals surface area contributed by atoms with Crippen LogP contribution in [0.5, 0.6) is 0 Å². The van der Waals surface area contributed by atoms with Gasteiger partial charge in [0.2, 0.25) is 11.8 Å². The Labute approximate surface area is 226 Å². The van der Waals surface area contributed by atoms with Crippen LogP contribution in [0.3, 0.4) is 0 Å². The second-order valence-corrected chi connectivity index (χ2v) is 10.1. The molecular weight excluding hydrogens is 479 g/mol. The van der Waals surface area contributed by atoms with Gasteiger partial charge in [-0.1, -0.05) is 6.20 Å². The molecule has 1 aliphatic carbocycles. The van der Waals surface area contributed by atoms with Crippen molar-refractivity contribution in [2.75, 3.05) is 11.9 Å². The second kappa shape index (κ2) is 12.1. The number of pyridine rings is 1. The summed E-state index contributed by atoms with van der Waals surface area (Å²) >= 11 is 1.30. The molecule has 36 heavy (non-hydrogen) atoms. The summed E-state index contributed by atoms with van der Waals surface area (Å²) in [5.41, 5.74) is 1.76. The maximum Gasteiger partial charge on any atom is 1.00 e. The van der Waals surface area contributed by atoms with Crippen molar-refractivity contribution in [3.63, 3.8) is 0 Å². The summed E-state index contributed by atoms with van der Waals surface area (Å²) in [6, 6.07) is 7.08. The summed E-state index contributed by atoms with van der Waals surface area (Å²) in [5.74, 6) is -4.04. The van der Waals surface area contributed by atoms with Gasteiger partial charge in [-0.15, -0.1) is 23.3 Å².